The van der Waals surface area contributed by atoms with Crippen molar-refractivity contribution < 1.29 is 4.74 Å². The highest BCUT2D eigenvalue weighted by Gasteiger charge is 2.05. The summed E-state index contributed by atoms with van der Waals surface area (Å²) in [5.74, 6) is 0.776. The summed E-state index contributed by atoms with van der Waals surface area (Å²) in [6.07, 6.45) is 2.13. The molecule has 1 N–H and O–H groups in total. The minimum absolute atomic E-state index is 0.726. The van der Waals surface area contributed by atoms with Gasteiger partial charge in [0.1, 0.15) is 5.75 Å². The predicted molar refractivity (Wildman–Crippen MR) is 70.7 cm³/mol. The molecule has 0 unspecified atom stereocenters. The van der Waals surface area contributed by atoms with Crippen LogP contribution in [0.3, 0.4) is 0 Å². The number of hydrogen-bond acceptors (Lipinski definition) is 2. The van der Waals surface area contributed by atoms with Crippen LogP contribution in [0.15, 0.2) is 23.8 Å². The van der Waals surface area contributed by atoms with Gasteiger partial charge in [-0.2, -0.15) is 0 Å². The third kappa shape index (κ3) is 3.46. The SMILES string of the molecule is COc1cc(Cl)c(C)cc1NCC=C(C)C. The fourth-order valence-corrected chi connectivity index (χ4v) is 1.49. The third-order valence-electron chi connectivity index (χ3n) is 2.28. The van der Waals surface area contributed by atoms with E-state index in [2.05, 4.69) is 25.2 Å². The van der Waals surface area contributed by atoms with E-state index in [0.717, 1.165) is 28.6 Å². The maximum atomic E-state index is 6.03. The van der Waals surface area contributed by atoms with Gasteiger partial charge in [0, 0.05) is 17.6 Å². The van der Waals surface area contributed by atoms with Crippen molar-refractivity contribution in [2.75, 3.05) is 19.0 Å². The lowest BCUT2D eigenvalue weighted by Crippen LogP contribution is -2.01. The van der Waals surface area contributed by atoms with Crippen LogP contribution >= 0.6 is 11.6 Å². The van der Waals surface area contributed by atoms with Crippen molar-refractivity contribution in [3.63, 3.8) is 0 Å². The van der Waals surface area contributed by atoms with Crippen molar-refractivity contribution in [2.45, 2.75) is 20.8 Å². The van der Waals surface area contributed by atoms with Crippen LogP contribution in [0.1, 0.15) is 19.4 Å². The molecule has 0 saturated heterocycles. The van der Waals surface area contributed by atoms with Gasteiger partial charge in [-0.1, -0.05) is 23.3 Å². The van der Waals surface area contributed by atoms with Crippen LogP contribution in [-0.4, -0.2) is 13.7 Å². The number of allylic oxidation sites excluding steroid dienone is 1. The quantitative estimate of drug-likeness (QED) is 0.801. The number of nitrogens with one attached hydrogen (secondary N) is 1. The highest BCUT2D eigenvalue weighted by molar-refractivity contribution is 6.31. The topological polar surface area (TPSA) is 21.3 Å². The molecule has 0 atom stereocenters. The van der Waals surface area contributed by atoms with E-state index >= 15 is 0 Å². The lowest BCUT2D eigenvalue weighted by molar-refractivity contribution is 0.416. The summed E-state index contributed by atoms with van der Waals surface area (Å²) in [7, 11) is 1.65. The first-order chi connectivity index (χ1) is 7.54. The molecule has 0 saturated carbocycles. The summed E-state index contributed by atoms with van der Waals surface area (Å²) >= 11 is 6.03. The van der Waals surface area contributed by atoms with Crippen LogP contribution in [0.25, 0.3) is 0 Å². The maximum Gasteiger partial charge on any atom is 0.143 e. The summed E-state index contributed by atoms with van der Waals surface area (Å²) in [5, 5.41) is 4.03. The Labute approximate surface area is 102 Å². The van der Waals surface area contributed by atoms with Crippen molar-refractivity contribution in [2.24, 2.45) is 0 Å². The van der Waals surface area contributed by atoms with Crippen molar-refractivity contribution in [1.29, 1.82) is 0 Å². The van der Waals surface area contributed by atoms with Gasteiger partial charge in [0.05, 0.1) is 12.8 Å². The zero-order valence-electron chi connectivity index (χ0n) is 10.2. The first kappa shape index (κ1) is 12.9. The van der Waals surface area contributed by atoms with E-state index in [-0.39, 0.29) is 0 Å². The van der Waals surface area contributed by atoms with Crippen LogP contribution in [0.5, 0.6) is 5.75 Å². The fraction of sp³-hybridized carbons (Fsp3) is 0.385. The first-order valence-corrected chi connectivity index (χ1v) is 5.63. The van der Waals surface area contributed by atoms with Crippen LogP contribution in [0, 0.1) is 6.92 Å². The highest BCUT2D eigenvalue weighted by atomic mass is 35.5. The minimum atomic E-state index is 0.726. The molecule has 0 fully saturated rings. The standard InChI is InChI=1S/C13H18ClNO/c1-9(2)5-6-15-12-7-10(3)11(14)8-13(12)16-4/h5,7-8,15H,6H2,1-4H3. The molecule has 2 nitrogen and oxygen atoms in total. The normalized spacial score (nSPS) is 9.81. The fourth-order valence-electron chi connectivity index (χ4n) is 1.34. The molecule has 0 aromatic heterocycles. The maximum absolute atomic E-state index is 6.03. The molecule has 3 heteroatoms. The number of hydrogen-bond donors (Lipinski definition) is 1. The second-order valence-corrected chi connectivity index (χ2v) is 4.37. The molecule has 16 heavy (non-hydrogen) atoms. The molecule has 0 radical (unpaired) electrons. The Morgan fingerprint density at radius 2 is 2.12 bits per heavy atom. The van der Waals surface area contributed by atoms with Crippen molar-refractivity contribution in [1.82, 2.24) is 0 Å². The lowest BCUT2D eigenvalue weighted by atomic mass is 10.2. The summed E-state index contributed by atoms with van der Waals surface area (Å²) < 4.78 is 5.27. The Bertz CT molecular complexity index is 395. The zero-order chi connectivity index (χ0) is 12.1. The van der Waals surface area contributed by atoms with Crippen LogP contribution in [0.2, 0.25) is 5.02 Å². The van der Waals surface area contributed by atoms with Gasteiger partial charge in [-0.15, -0.1) is 0 Å². The van der Waals surface area contributed by atoms with E-state index in [0.29, 0.717) is 0 Å². The van der Waals surface area contributed by atoms with E-state index < -0.39 is 0 Å². The zero-order valence-corrected chi connectivity index (χ0v) is 11.0. The van der Waals surface area contributed by atoms with Crippen molar-refractivity contribution in [3.8, 4) is 5.75 Å². The Morgan fingerprint density at radius 3 is 2.69 bits per heavy atom. The van der Waals surface area contributed by atoms with Crippen LogP contribution < -0.4 is 10.1 Å². The molecule has 0 amide bonds. The van der Waals surface area contributed by atoms with E-state index in [1.807, 2.05) is 19.1 Å². The number of ether oxygens (including phenoxy) is 1. The molecular formula is C13H18ClNO. The summed E-state index contributed by atoms with van der Waals surface area (Å²) in [5.41, 5.74) is 3.31. The van der Waals surface area contributed by atoms with Gasteiger partial charge in [0.25, 0.3) is 0 Å². The highest BCUT2D eigenvalue weighted by Crippen LogP contribution is 2.30. The van der Waals surface area contributed by atoms with E-state index in [9.17, 15) is 0 Å². The second-order valence-electron chi connectivity index (χ2n) is 3.96. The Kier molecular flexibility index (Phi) is 4.69. The smallest absolute Gasteiger partial charge is 0.143 e. The van der Waals surface area contributed by atoms with E-state index in [1.54, 1.807) is 7.11 Å². The molecule has 0 spiro atoms. The van der Waals surface area contributed by atoms with Crippen molar-refractivity contribution in [3.05, 3.63) is 34.4 Å². The second kappa shape index (κ2) is 5.80. The largest absolute Gasteiger partial charge is 0.495 e. The average Bonchev–Trinajstić information content (AvgIpc) is 2.22. The van der Waals surface area contributed by atoms with Gasteiger partial charge >= 0.3 is 0 Å². The molecule has 0 aliphatic heterocycles. The van der Waals surface area contributed by atoms with Gasteiger partial charge in [0.15, 0.2) is 0 Å². The lowest BCUT2D eigenvalue weighted by Gasteiger charge is -2.12. The molecule has 0 aliphatic rings. The number of anilines is 1. The molecular weight excluding hydrogens is 222 g/mol. The van der Waals surface area contributed by atoms with Gasteiger partial charge in [0.2, 0.25) is 0 Å². The average molecular weight is 240 g/mol. The number of rotatable bonds is 4. The van der Waals surface area contributed by atoms with Gasteiger partial charge in [-0.25, -0.2) is 0 Å². The Balaban J connectivity index is 2.86. The Hall–Kier alpha value is -1.15. The third-order valence-corrected chi connectivity index (χ3v) is 2.69. The molecule has 1 rings (SSSR count). The summed E-state index contributed by atoms with van der Waals surface area (Å²) in [6.45, 7) is 6.92. The predicted octanol–water partition coefficient (Wildman–Crippen LogP) is 4.04. The number of benzene rings is 1. The van der Waals surface area contributed by atoms with Crippen LogP contribution in [0.4, 0.5) is 5.69 Å². The number of halogens is 1. The van der Waals surface area contributed by atoms with Crippen molar-refractivity contribution >= 4 is 17.3 Å². The molecule has 0 aliphatic carbocycles. The first-order valence-electron chi connectivity index (χ1n) is 5.26. The molecule has 0 bridgehead atoms. The van der Waals surface area contributed by atoms with Gasteiger partial charge in [-0.3, -0.25) is 0 Å². The summed E-state index contributed by atoms with van der Waals surface area (Å²) in [6, 6.07) is 3.84. The van der Waals surface area contributed by atoms with Crippen LogP contribution in [-0.2, 0) is 0 Å². The summed E-state index contributed by atoms with van der Waals surface area (Å²) in [4.78, 5) is 0. The Morgan fingerprint density at radius 1 is 1.44 bits per heavy atom. The molecule has 88 valence electrons. The minimum Gasteiger partial charge on any atom is -0.495 e. The van der Waals surface area contributed by atoms with Gasteiger partial charge in [-0.05, 0) is 32.4 Å². The molecule has 1 aromatic rings. The van der Waals surface area contributed by atoms with Gasteiger partial charge < -0.3 is 10.1 Å². The van der Waals surface area contributed by atoms with E-state index in [4.69, 9.17) is 16.3 Å². The molecule has 1 aromatic carbocycles. The monoisotopic (exact) mass is 239 g/mol. The van der Waals surface area contributed by atoms with E-state index in [1.165, 1.54) is 5.57 Å². The number of methoxy groups -OCH3 is 1. The molecule has 0 heterocycles. The number of aryl methyl sites for hydroxylation is 1.